The van der Waals surface area contributed by atoms with E-state index in [9.17, 15) is 4.79 Å². The van der Waals surface area contributed by atoms with Gasteiger partial charge in [-0.05, 0) is 49.5 Å². The maximum atomic E-state index is 12.6. The molecule has 1 amide bonds. The average Bonchev–Trinajstić information content (AvgIpc) is 2.76. The lowest BCUT2D eigenvalue weighted by atomic mass is 10.1. The molecule has 0 aliphatic carbocycles. The monoisotopic (exact) mass is 441 g/mol. The van der Waals surface area contributed by atoms with Crippen LogP contribution in [0.4, 0.5) is 11.5 Å². The highest BCUT2D eigenvalue weighted by atomic mass is 35.5. The van der Waals surface area contributed by atoms with Crippen LogP contribution in [-0.4, -0.2) is 54.2 Å². The van der Waals surface area contributed by atoms with Crippen molar-refractivity contribution in [3.05, 3.63) is 70.2 Å². The number of rotatable bonds is 4. The van der Waals surface area contributed by atoms with Crippen LogP contribution in [0.2, 0.25) is 10.0 Å². The van der Waals surface area contributed by atoms with E-state index in [1.807, 2.05) is 36.4 Å². The van der Waals surface area contributed by atoms with Crippen molar-refractivity contribution in [3.8, 4) is 11.3 Å². The van der Waals surface area contributed by atoms with E-state index in [1.165, 1.54) is 0 Å². The zero-order valence-corrected chi connectivity index (χ0v) is 18.0. The highest BCUT2D eigenvalue weighted by molar-refractivity contribution is 6.36. The van der Waals surface area contributed by atoms with Crippen molar-refractivity contribution < 1.29 is 4.79 Å². The number of carbonyl (C=O) groups is 1. The van der Waals surface area contributed by atoms with Crippen molar-refractivity contribution in [3.63, 3.8) is 0 Å². The summed E-state index contributed by atoms with van der Waals surface area (Å²) in [5.41, 5.74) is 2.57. The number of hydrogen-bond acceptors (Lipinski definition) is 5. The van der Waals surface area contributed by atoms with Gasteiger partial charge in [0.2, 0.25) is 0 Å². The maximum Gasteiger partial charge on any atom is 0.257 e. The molecule has 4 rings (SSSR count). The van der Waals surface area contributed by atoms with Gasteiger partial charge >= 0.3 is 0 Å². The van der Waals surface area contributed by atoms with E-state index < -0.39 is 0 Å². The second-order valence-electron chi connectivity index (χ2n) is 7.23. The molecule has 1 N–H and O–H groups in total. The van der Waals surface area contributed by atoms with Crippen LogP contribution in [0.5, 0.6) is 0 Å². The Labute approximate surface area is 185 Å². The second-order valence-corrected chi connectivity index (χ2v) is 8.07. The van der Waals surface area contributed by atoms with Crippen LogP contribution < -0.4 is 10.2 Å². The summed E-state index contributed by atoms with van der Waals surface area (Å²) >= 11 is 12.1. The van der Waals surface area contributed by atoms with Gasteiger partial charge in [-0.15, -0.1) is 10.2 Å². The zero-order chi connectivity index (χ0) is 21.1. The first-order valence-electron chi connectivity index (χ1n) is 9.64. The van der Waals surface area contributed by atoms with Crippen molar-refractivity contribution in [2.45, 2.75) is 0 Å². The molecule has 2 aromatic carbocycles. The molecule has 0 saturated carbocycles. The van der Waals surface area contributed by atoms with Gasteiger partial charge in [-0.3, -0.25) is 4.79 Å². The third-order valence-electron chi connectivity index (χ3n) is 5.07. The Morgan fingerprint density at radius 3 is 2.50 bits per heavy atom. The number of piperazine rings is 1. The first kappa shape index (κ1) is 20.6. The summed E-state index contributed by atoms with van der Waals surface area (Å²) in [4.78, 5) is 17.1. The van der Waals surface area contributed by atoms with Gasteiger partial charge in [0.15, 0.2) is 5.82 Å². The molecule has 0 atom stereocenters. The van der Waals surface area contributed by atoms with Crippen molar-refractivity contribution >= 4 is 40.6 Å². The van der Waals surface area contributed by atoms with Crippen molar-refractivity contribution in [2.24, 2.45) is 0 Å². The first-order valence-corrected chi connectivity index (χ1v) is 10.4. The summed E-state index contributed by atoms with van der Waals surface area (Å²) in [5.74, 6) is 0.558. The molecule has 3 aromatic rings. The number of halogens is 2. The Morgan fingerprint density at radius 1 is 0.967 bits per heavy atom. The van der Waals surface area contributed by atoms with Gasteiger partial charge in [0.1, 0.15) is 0 Å². The third-order valence-corrected chi connectivity index (χ3v) is 5.63. The molecular weight excluding hydrogens is 421 g/mol. The van der Waals surface area contributed by atoms with Crippen molar-refractivity contribution in [2.75, 3.05) is 43.4 Å². The molecule has 30 heavy (non-hydrogen) atoms. The Balaban J connectivity index is 1.49. The van der Waals surface area contributed by atoms with E-state index in [4.69, 9.17) is 23.2 Å². The van der Waals surface area contributed by atoms with Crippen LogP contribution in [0.15, 0.2) is 54.6 Å². The molecule has 2 heterocycles. The molecule has 0 radical (unpaired) electrons. The molecule has 1 saturated heterocycles. The highest BCUT2D eigenvalue weighted by Gasteiger charge is 2.16. The molecule has 0 bridgehead atoms. The smallest absolute Gasteiger partial charge is 0.257 e. The lowest BCUT2D eigenvalue weighted by Crippen LogP contribution is -2.44. The Kier molecular flexibility index (Phi) is 6.18. The van der Waals surface area contributed by atoms with E-state index in [2.05, 4.69) is 32.4 Å². The van der Waals surface area contributed by atoms with Gasteiger partial charge < -0.3 is 15.1 Å². The predicted octanol–water partition coefficient (Wildman–Crippen LogP) is 4.45. The van der Waals surface area contributed by atoms with Crippen LogP contribution in [-0.2, 0) is 0 Å². The number of aromatic nitrogens is 2. The second kappa shape index (κ2) is 9.00. The van der Waals surface area contributed by atoms with Crippen molar-refractivity contribution in [1.29, 1.82) is 0 Å². The topological polar surface area (TPSA) is 61.4 Å². The van der Waals surface area contributed by atoms with Crippen LogP contribution in [0, 0.1) is 0 Å². The molecule has 0 spiro atoms. The SMILES string of the molecule is CN1CCN(c2ccc(-c3cccc(NC(=O)c4cc(Cl)ccc4Cl)c3)nn2)CC1. The van der Waals surface area contributed by atoms with Crippen LogP contribution in [0.1, 0.15) is 10.4 Å². The minimum absolute atomic E-state index is 0.323. The number of amides is 1. The molecular formula is C22H21Cl2N5O. The number of likely N-dealkylation sites (N-methyl/N-ethyl adjacent to an activating group) is 1. The van der Waals surface area contributed by atoms with Gasteiger partial charge in [0, 0.05) is 42.5 Å². The first-order chi connectivity index (χ1) is 14.5. The van der Waals surface area contributed by atoms with Gasteiger partial charge in [-0.2, -0.15) is 0 Å². The van der Waals surface area contributed by atoms with Gasteiger partial charge in [0.25, 0.3) is 5.91 Å². The Morgan fingerprint density at radius 2 is 1.77 bits per heavy atom. The quantitative estimate of drug-likeness (QED) is 0.647. The zero-order valence-electron chi connectivity index (χ0n) is 16.5. The summed E-state index contributed by atoms with van der Waals surface area (Å²) in [6.07, 6.45) is 0. The third kappa shape index (κ3) is 4.73. The fourth-order valence-electron chi connectivity index (χ4n) is 3.31. The predicted molar refractivity (Wildman–Crippen MR) is 122 cm³/mol. The summed E-state index contributed by atoms with van der Waals surface area (Å²) in [5, 5.41) is 12.5. The number of anilines is 2. The Bertz CT molecular complexity index is 1050. The molecule has 1 aromatic heterocycles. The minimum Gasteiger partial charge on any atom is -0.353 e. The molecule has 0 unspecified atom stereocenters. The van der Waals surface area contributed by atoms with Crippen LogP contribution >= 0.6 is 23.2 Å². The normalized spacial score (nSPS) is 14.6. The lowest BCUT2D eigenvalue weighted by Gasteiger charge is -2.32. The highest BCUT2D eigenvalue weighted by Crippen LogP contribution is 2.25. The van der Waals surface area contributed by atoms with Gasteiger partial charge in [-0.1, -0.05) is 35.3 Å². The number of benzene rings is 2. The van der Waals surface area contributed by atoms with E-state index in [1.54, 1.807) is 18.2 Å². The fraction of sp³-hybridized carbons (Fsp3) is 0.227. The Hall–Kier alpha value is -2.67. The standard InChI is InChI=1S/C22H21Cl2N5O/c1-28-9-11-29(12-10-28)21-8-7-20(26-27-21)15-3-2-4-17(13-15)25-22(30)18-14-16(23)5-6-19(18)24/h2-8,13-14H,9-12H2,1H3,(H,25,30). The minimum atomic E-state index is -0.323. The van der Waals surface area contributed by atoms with E-state index in [0.717, 1.165) is 43.3 Å². The molecule has 1 aliphatic heterocycles. The number of hydrogen-bond donors (Lipinski definition) is 1. The van der Waals surface area contributed by atoms with E-state index in [0.29, 0.717) is 21.3 Å². The summed E-state index contributed by atoms with van der Waals surface area (Å²) < 4.78 is 0. The number of nitrogens with zero attached hydrogens (tertiary/aromatic N) is 4. The molecule has 1 fully saturated rings. The fourth-order valence-corrected chi connectivity index (χ4v) is 3.69. The average molecular weight is 442 g/mol. The number of carbonyl (C=O) groups excluding carboxylic acids is 1. The summed E-state index contributed by atoms with van der Waals surface area (Å²) in [7, 11) is 2.12. The van der Waals surface area contributed by atoms with Crippen molar-refractivity contribution in [1.82, 2.24) is 15.1 Å². The largest absolute Gasteiger partial charge is 0.353 e. The summed E-state index contributed by atoms with van der Waals surface area (Å²) in [6.45, 7) is 3.92. The lowest BCUT2D eigenvalue weighted by molar-refractivity contribution is 0.102. The summed E-state index contributed by atoms with van der Waals surface area (Å²) in [6, 6.07) is 16.2. The molecule has 154 valence electrons. The van der Waals surface area contributed by atoms with E-state index >= 15 is 0 Å². The van der Waals surface area contributed by atoms with Crippen LogP contribution in [0.3, 0.4) is 0 Å². The van der Waals surface area contributed by atoms with E-state index in [-0.39, 0.29) is 5.91 Å². The van der Waals surface area contributed by atoms with Crippen LogP contribution in [0.25, 0.3) is 11.3 Å². The van der Waals surface area contributed by atoms with Gasteiger partial charge in [-0.25, -0.2) is 0 Å². The number of nitrogens with one attached hydrogen (secondary N) is 1. The molecule has 1 aliphatic rings. The van der Waals surface area contributed by atoms with Gasteiger partial charge in [0.05, 0.1) is 16.3 Å². The molecule has 8 heteroatoms. The maximum absolute atomic E-state index is 12.6. The molecule has 6 nitrogen and oxygen atoms in total.